The average molecular weight is 1540 g/mol. The summed E-state index contributed by atoms with van der Waals surface area (Å²) in [5.74, 6) is 1.05. The van der Waals surface area contributed by atoms with Gasteiger partial charge in [0.05, 0.1) is 26.4 Å². The lowest BCUT2D eigenvalue weighted by Crippen LogP contribution is -2.30. The van der Waals surface area contributed by atoms with Gasteiger partial charge < -0.3 is 33.8 Å². The normalized spacial score (nSPS) is 14.4. The second-order valence-electron chi connectivity index (χ2n) is 32.4. The van der Waals surface area contributed by atoms with Crippen LogP contribution in [0.15, 0.2) is 0 Å². The highest BCUT2D eigenvalue weighted by Crippen LogP contribution is 2.45. The quantitative estimate of drug-likeness (QED) is 0.0222. The number of ether oxygens (including phenoxy) is 4. The highest BCUT2D eigenvalue weighted by atomic mass is 31.2. The van der Waals surface area contributed by atoms with E-state index < -0.39 is 97.5 Å². The summed E-state index contributed by atoms with van der Waals surface area (Å²) in [5.41, 5.74) is 0. The lowest BCUT2D eigenvalue weighted by Gasteiger charge is -2.21. The standard InChI is InChI=1S/C86H168O17P2/c1-9-78(7)64-56-48-40-34-28-24-20-16-12-14-17-21-25-29-35-41-50-58-66-83(88)96-72-81(102-85(90)68-60-52-42-36-30-26-22-18-13-11-15-19-23-27-32-38-46-54-62-76(3)4)74-100-104(92,93)98-70-80(87)71-99-105(94,95)101-75-82(73-97-84(89)67-59-51-45-44-49-57-65-79(8)10-2)103-86(91)69-61-53-43-37-31-33-39-47-55-63-77(5)6/h76-82,87H,9-75H2,1-8H3,(H,92,93)(H,94,95)/t78?,79?,80-,81-,82-/m1/s1. The van der Waals surface area contributed by atoms with Crippen LogP contribution >= 0.6 is 15.6 Å². The van der Waals surface area contributed by atoms with Crippen LogP contribution in [0.5, 0.6) is 0 Å². The second kappa shape index (κ2) is 74.8. The number of rotatable bonds is 83. The van der Waals surface area contributed by atoms with Crippen LogP contribution in [-0.4, -0.2) is 96.7 Å². The Bertz CT molecular complexity index is 2050. The van der Waals surface area contributed by atoms with E-state index in [0.717, 1.165) is 120 Å². The molecule has 0 bridgehead atoms. The first kappa shape index (κ1) is 103. The molecule has 0 rings (SSSR count). The van der Waals surface area contributed by atoms with Gasteiger partial charge in [-0.3, -0.25) is 37.3 Å². The number of unbranched alkanes of at least 4 members (excludes halogenated alkanes) is 47. The summed E-state index contributed by atoms with van der Waals surface area (Å²) in [7, 11) is -9.93. The van der Waals surface area contributed by atoms with E-state index in [2.05, 4.69) is 55.4 Å². The van der Waals surface area contributed by atoms with Gasteiger partial charge in [0, 0.05) is 25.7 Å². The Kier molecular flexibility index (Phi) is 73.4. The van der Waals surface area contributed by atoms with Gasteiger partial charge in [-0.2, -0.15) is 0 Å². The summed E-state index contributed by atoms with van der Waals surface area (Å²) < 4.78 is 68.8. The molecule has 0 saturated carbocycles. The summed E-state index contributed by atoms with van der Waals surface area (Å²) in [5, 5.41) is 10.7. The number of phosphoric acid groups is 2. The molecule has 0 aromatic carbocycles. The molecule has 3 N–H and O–H groups in total. The SMILES string of the molecule is CCC(C)CCCCCCCCCCCCCCCCCCCCC(=O)OC[C@H](COP(=O)(O)OC[C@@H](O)COP(=O)(O)OC[C@@H](COC(=O)CCCCCCCCC(C)CC)OC(=O)CCCCCCCCCCCC(C)C)OC(=O)CCCCCCCCCCCCCCCCCCCCC(C)C. The third-order valence-corrected chi connectivity index (χ3v) is 22.7. The first-order valence-electron chi connectivity index (χ1n) is 44.3. The molecule has 0 aromatic heterocycles. The Morgan fingerprint density at radius 1 is 0.267 bits per heavy atom. The largest absolute Gasteiger partial charge is 0.472 e. The summed E-state index contributed by atoms with van der Waals surface area (Å²) in [6.07, 6.45) is 64.1. The molecule has 0 heterocycles. The van der Waals surface area contributed by atoms with Crippen LogP contribution < -0.4 is 0 Å². The van der Waals surface area contributed by atoms with Crippen molar-refractivity contribution in [2.75, 3.05) is 39.6 Å². The second-order valence-corrected chi connectivity index (χ2v) is 35.3. The third-order valence-electron chi connectivity index (χ3n) is 20.8. The van der Waals surface area contributed by atoms with Crippen molar-refractivity contribution in [1.29, 1.82) is 0 Å². The first-order valence-corrected chi connectivity index (χ1v) is 47.3. The third kappa shape index (κ3) is 77.2. The van der Waals surface area contributed by atoms with Gasteiger partial charge in [0.15, 0.2) is 12.2 Å². The number of hydrogen-bond acceptors (Lipinski definition) is 15. The van der Waals surface area contributed by atoms with Crippen LogP contribution in [0.1, 0.15) is 447 Å². The minimum atomic E-state index is -4.97. The fraction of sp³-hybridized carbons (Fsp3) is 0.953. The van der Waals surface area contributed by atoms with Crippen molar-refractivity contribution < 1.29 is 80.2 Å². The van der Waals surface area contributed by atoms with Crippen LogP contribution in [-0.2, 0) is 65.4 Å². The Balaban J connectivity index is 5.20. The molecule has 0 aliphatic heterocycles. The van der Waals surface area contributed by atoms with E-state index in [9.17, 15) is 43.2 Å². The molecule has 0 radical (unpaired) electrons. The molecule has 19 heteroatoms. The molecule has 624 valence electrons. The monoisotopic (exact) mass is 1540 g/mol. The fourth-order valence-corrected chi connectivity index (χ4v) is 14.8. The summed E-state index contributed by atoms with van der Waals surface area (Å²) >= 11 is 0. The minimum absolute atomic E-state index is 0.104. The topological polar surface area (TPSA) is 237 Å². The first-order chi connectivity index (χ1) is 50.7. The predicted molar refractivity (Wildman–Crippen MR) is 432 cm³/mol. The van der Waals surface area contributed by atoms with Crippen LogP contribution in [0.4, 0.5) is 0 Å². The van der Waals surface area contributed by atoms with E-state index in [1.807, 2.05) is 0 Å². The van der Waals surface area contributed by atoms with Gasteiger partial charge >= 0.3 is 39.5 Å². The van der Waals surface area contributed by atoms with Crippen molar-refractivity contribution in [3.05, 3.63) is 0 Å². The number of esters is 4. The number of phosphoric ester groups is 2. The molecule has 0 amide bonds. The Morgan fingerprint density at radius 2 is 0.457 bits per heavy atom. The van der Waals surface area contributed by atoms with Crippen molar-refractivity contribution in [2.45, 2.75) is 465 Å². The lowest BCUT2D eigenvalue weighted by molar-refractivity contribution is -0.161. The van der Waals surface area contributed by atoms with Gasteiger partial charge in [0.2, 0.25) is 0 Å². The minimum Gasteiger partial charge on any atom is -0.462 e. The van der Waals surface area contributed by atoms with Crippen LogP contribution in [0.3, 0.4) is 0 Å². The zero-order valence-corrected chi connectivity index (χ0v) is 71.2. The highest BCUT2D eigenvalue weighted by Gasteiger charge is 2.31. The van der Waals surface area contributed by atoms with Gasteiger partial charge in [-0.1, -0.05) is 396 Å². The number of aliphatic hydroxyl groups excluding tert-OH is 1. The molecule has 0 aromatic rings. The number of hydrogen-bond donors (Lipinski definition) is 3. The number of carbonyl (C=O) groups is 4. The number of carbonyl (C=O) groups excluding carboxylic acids is 4. The van der Waals surface area contributed by atoms with Gasteiger partial charge in [0.25, 0.3) is 0 Å². The predicted octanol–water partition coefficient (Wildman–Crippen LogP) is 25.9. The maximum absolute atomic E-state index is 13.1. The molecule has 17 nitrogen and oxygen atoms in total. The maximum Gasteiger partial charge on any atom is 0.472 e. The summed E-state index contributed by atoms with van der Waals surface area (Å²) in [6.45, 7) is 14.3. The van der Waals surface area contributed by atoms with Crippen LogP contribution in [0.25, 0.3) is 0 Å². The molecular weight excluding hydrogens is 1370 g/mol. The molecule has 0 spiro atoms. The maximum atomic E-state index is 13.1. The summed E-state index contributed by atoms with van der Waals surface area (Å²) in [6, 6.07) is 0. The van der Waals surface area contributed by atoms with Gasteiger partial charge in [0.1, 0.15) is 19.3 Å². The summed E-state index contributed by atoms with van der Waals surface area (Å²) in [4.78, 5) is 73.1. The van der Waals surface area contributed by atoms with Crippen molar-refractivity contribution in [3.8, 4) is 0 Å². The van der Waals surface area contributed by atoms with Crippen molar-refractivity contribution >= 4 is 39.5 Å². The fourth-order valence-electron chi connectivity index (χ4n) is 13.3. The van der Waals surface area contributed by atoms with Crippen LogP contribution in [0.2, 0.25) is 0 Å². The zero-order valence-electron chi connectivity index (χ0n) is 69.4. The highest BCUT2D eigenvalue weighted by molar-refractivity contribution is 7.47. The smallest absolute Gasteiger partial charge is 0.462 e. The zero-order chi connectivity index (χ0) is 77.4. The van der Waals surface area contributed by atoms with Crippen molar-refractivity contribution in [3.63, 3.8) is 0 Å². The Hall–Kier alpha value is -1.94. The molecule has 0 fully saturated rings. The molecule has 4 unspecified atom stereocenters. The lowest BCUT2D eigenvalue weighted by atomic mass is 9.99. The van der Waals surface area contributed by atoms with Crippen LogP contribution in [0, 0.1) is 23.7 Å². The van der Waals surface area contributed by atoms with E-state index in [1.54, 1.807) is 0 Å². The van der Waals surface area contributed by atoms with Gasteiger partial charge in [-0.25, -0.2) is 9.13 Å². The molecule has 7 atom stereocenters. The molecule has 0 saturated heterocycles. The van der Waals surface area contributed by atoms with E-state index in [-0.39, 0.29) is 25.7 Å². The van der Waals surface area contributed by atoms with Crippen molar-refractivity contribution in [1.82, 2.24) is 0 Å². The van der Waals surface area contributed by atoms with Crippen molar-refractivity contribution in [2.24, 2.45) is 23.7 Å². The number of aliphatic hydroxyl groups is 1. The van der Waals surface area contributed by atoms with E-state index in [4.69, 9.17) is 37.0 Å². The van der Waals surface area contributed by atoms with E-state index in [1.165, 1.54) is 244 Å². The molecule has 0 aliphatic carbocycles. The molecule has 105 heavy (non-hydrogen) atoms. The van der Waals surface area contributed by atoms with Gasteiger partial charge in [-0.05, 0) is 49.4 Å². The Morgan fingerprint density at radius 3 is 0.676 bits per heavy atom. The van der Waals surface area contributed by atoms with E-state index in [0.29, 0.717) is 25.7 Å². The van der Waals surface area contributed by atoms with E-state index >= 15 is 0 Å². The van der Waals surface area contributed by atoms with Gasteiger partial charge in [-0.15, -0.1) is 0 Å². The molecule has 0 aliphatic rings. The molecular formula is C86H168O17P2. The average Bonchev–Trinajstić information content (AvgIpc) is 0.944. The Labute approximate surface area is 645 Å².